The van der Waals surface area contributed by atoms with E-state index in [-0.39, 0.29) is 17.9 Å². The molecule has 0 bridgehead atoms. The molecule has 5 nitrogen and oxygen atoms in total. The lowest BCUT2D eigenvalue weighted by molar-refractivity contribution is -0.121. The maximum absolute atomic E-state index is 12.2. The molecular formula is C14H19N3O2. The molecule has 1 aliphatic heterocycles. The number of hydrogen-bond acceptors (Lipinski definition) is 2. The van der Waals surface area contributed by atoms with Gasteiger partial charge >= 0.3 is 6.03 Å². The van der Waals surface area contributed by atoms with E-state index in [1.165, 1.54) is 0 Å². The quantitative estimate of drug-likeness (QED) is 0.850. The predicted molar refractivity (Wildman–Crippen MR) is 73.8 cm³/mol. The minimum Gasteiger partial charge on any atom is -0.341 e. The Labute approximate surface area is 113 Å². The van der Waals surface area contributed by atoms with Gasteiger partial charge in [-0.15, -0.1) is 0 Å². The number of rotatable bonds is 2. The summed E-state index contributed by atoms with van der Waals surface area (Å²) in [5.74, 6) is -0.147. The molecule has 1 saturated heterocycles. The number of hydrogen-bond donors (Lipinski definition) is 2. The third-order valence-corrected chi connectivity index (χ3v) is 3.33. The van der Waals surface area contributed by atoms with Crippen molar-refractivity contribution in [2.45, 2.75) is 12.8 Å². The molecule has 5 heteroatoms. The van der Waals surface area contributed by atoms with Gasteiger partial charge in [0, 0.05) is 25.8 Å². The molecule has 1 unspecified atom stereocenters. The Morgan fingerprint density at radius 2 is 2.00 bits per heavy atom. The van der Waals surface area contributed by atoms with Gasteiger partial charge in [-0.3, -0.25) is 4.79 Å². The Balaban J connectivity index is 1.94. The van der Waals surface area contributed by atoms with E-state index in [4.69, 9.17) is 0 Å². The normalized spacial score (nSPS) is 18.8. The number of para-hydroxylation sites is 1. The second-order valence-electron chi connectivity index (χ2n) is 4.70. The van der Waals surface area contributed by atoms with Crippen LogP contribution in [-0.4, -0.2) is 37.0 Å². The molecule has 1 atom stereocenters. The molecule has 1 aliphatic rings. The van der Waals surface area contributed by atoms with Crippen LogP contribution in [0.2, 0.25) is 0 Å². The van der Waals surface area contributed by atoms with Crippen molar-refractivity contribution >= 4 is 17.6 Å². The molecule has 0 radical (unpaired) electrons. The van der Waals surface area contributed by atoms with Gasteiger partial charge in [0.2, 0.25) is 5.91 Å². The second-order valence-corrected chi connectivity index (χ2v) is 4.70. The summed E-state index contributed by atoms with van der Waals surface area (Å²) in [6, 6.07) is 9.27. The largest absolute Gasteiger partial charge is 0.341 e. The van der Waals surface area contributed by atoms with Crippen LogP contribution in [0.3, 0.4) is 0 Å². The maximum atomic E-state index is 12.2. The molecule has 2 N–H and O–H groups in total. The van der Waals surface area contributed by atoms with Crippen LogP contribution in [0.5, 0.6) is 0 Å². The molecule has 19 heavy (non-hydrogen) atoms. The van der Waals surface area contributed by atoms with Crippen LogP contribution < -0.4 is 10.6 Å². The summed E-state index contributed by atoms with van der Waals surface area (Å²) in [4.78, 5) is 25.4. The number of piperidine rings is 1. The first-order valence-electron chi connectivity index (χ1n) is 6.53. The van der Waals surface area contributed by atoms with Crippen molar-refractivity contribution in [1.82, 2.24) is 10.2 Å². The lowest BCUT2D eigenvalue weighted by Crippen LogP contribution is -2.47. The molecule has 102 valence electrons. The van der Waals surface area contributed by atoms with E-state index in [2.05, 4.69) is 10.6 Å². The molecule has 0 spiro atoms. The summed E-state index contributed by atoms with van der Waals surface area (Å²) in [5.41, 5.74) is 0.796. The van der Waals surface area contributed by atoms with E-state index in [9.17, 15) is 9.59 Å². The van der Waals surface area contributed by atoms with Crippen LogP contribution >= 0.6 is 0 Å². The molecule has 0 aromatic heterocycles. The van der Waals surface area contributed by atoms with Crippen molar-refractivity contribution in [3.8, 4) is 0 Å². The average Bonchev–Trinajstić information content (AvgIpc) is 2.47. The van der Waals surface area contributed by atoms with Crippen molar-refractivity contribution in [2.24, 2.45) is 5.92 Å². The fraction of sp³-hybridized carbons (Fsp3) is 0.429. The zero-order valence-electron chi connectivity index (χ0n) is 11.1. The summed E-state index contributed by atoms with van der Waals surface area (Å²) < 4.78 is 0. The Morgan fingerprint density at radius 3 is 2.68 bits per heavy atom. The van der Waals surface area contributed by atoms with Gasteiger partial charge in [-0.05, 0) is 25.0 Å². The Bertz CT molecular complexity index is 447. The molecular weight excluding hydrogens is 242 g/mol. The average molecular weight is 261 g/mol. The lowest BCUT2D eigenvalue weighted by atomic mass is 9.97. The van der Waals surface area contributed by atoms with Crippen LogP contribution in [0, 0.1) is 5.92 Å². The third-order valence-electron chi connectivity index (χ3n) is 3.33. The highest BCUT2D eigenvalue weighted by atomic mass is 16.2. The monoisotopic (exact) mass is 261 g/mol. The first kappa shape index (κ1) is 13.4. The first-order valence-corrected chi connectivity index (χ1v) is 6.53. The van der Waals surface area contributed by atoms with E-state index in [1.54, 1.807) is 11.9 Å². The number of carbonyl (C=O) groups is 2. The SMILES string of the molecule is CNC(=O)N1CCCC(C(=O)Nc2ccccc2)C1. The molecule has 1 heterocycles. The van der Waals surface area contributed by atoms with Gasteiger partial charge in [0.05, 0.1) is 5.92 Å². The zero-order chi connectivity index (χ0) is 13.7. The Kier molecular flexibility index (Phi) is 4.39. The number of urea groups is 1. The highest BCUT2D eigenvalue weighted by Crippen LogP contribution is 2.18. The fourth-order valence-electron chi connectivity index (χ4n) is 2.30. The summed E-state index contributed by atoms with van der Waals surface area (Å²) >= 11 is 0. The number of benzene rings is 1. The summed E-state index contributed by atoms with van der Waals surface area (Å²) in [5, 5.41) is 5.49. The smallest absolute Gasteiger partial charge is 0.317 e. The van der Waals surface area contributed by atoms with Crippen molar-refractivity contribution in [3.05, 3.63) is 30.3 Å². The van der Waals surface area contributed by atoms with Crippen LogP contribution in [0.1, 0.15) is 12.8 Å². The topological polar surface area (TPSA) is 61.4 Å². The first-order chi connectivity index (χ1) is 9.20. The van der Waals surface area contributed by atoms with Crippen LogP contribution in [0.25, 0.3) is 0 Å². The van der Waals surface area contributed by atoms with Crippen molar-refractivity contribution < 1.29 is 9.59 Å². The van der Waals surface area contributed by atoms with Crippen LogP contribution in [-0.2, 0) is 4.79 Å². The van der Waals surface area contributed by atoms with Gasteiger partial charge in [0.1, 0.15) is 0 Å². The van der Waals surface area contributed by atoms with Gasteiger partial charge in [-0.25, -0.2) is 4.79 Å². The maximum Gasteiger partial charge on any atom is 0.317 e. The van der Waals surface area contributed by atoms with E-state index in [0.717, 1.165) is 25.1 Å². The van der Waals surface area contributed by atoms with Crippen molar-refractivity contribution in [3.63, 3.8) is 0 Å². The minimum atomic E-state index is -0.133. The molecule has 1 aromatic carbocycles. The molecule has 1 fully saturated rings. The Morgan fingerprint density at radius 1 is 1.26 bits per heavy atom. The van der Waals surface area contributed by atoms with Gasteiger partial charge in [-0.1, -0.05) is 18.2 Å². The summed E-state index contributed by atoms with van der Waals surface area (Å²) in [6.45, 7) is 1.20. The van der Waals surface area contributed by atoms with E-state index in [0.29, 0.717) is 6.54 Å². The van der Waals surface area contributed by atoms with Crippen LogP contribution in [0.4, 0.5) is 10.5 Å². The molecule has 3 amide bonds. The van der Waals surface area contributed by atoms with Crippen LogP contribution in [0.15, 0.2) is 30.3 Å². The predicted octanol–water partition coefficient (Wildman–Crippen LogP) is 1.68. The zero-order valence-corrected chi connectivity index (χ0v) is 11.1. The third kappa shape index (κ3) is 3.47. The molecule has 2 rings (SSSR count). The van der Waals surface area contributed by atoms with Crippen molar-refractivity contribution in [2.75, 3.05) is 25.5 Å². The lowest BCUT2D eigenvalue weighted by Gasteiger charge is -2.31. The number of nitrogens with zero attached hydrogens (tertiary/aromatic N) is 1. The number of likely N-dealkylation sites (tertiary alicyclic amines) is 1. The highest BCUT2D eigenvalue weighted by molar-refractivity contribution is 5.93. The Hall–Kier alpha value is -2.04. The molecule has 0 aliphatic carbocycles. The van der Waals surface area contributed by atoms with E-state index >= 15 is 0 Å². The number of carbonyl (C=O) groups excluding carboxylic acids is 2. The second kappa shape index (κ2) is 6.22. The van der Waals surface area contributed by atoms with Gasteiger partial charge in [0.15, 0.2) is 0 Å². The standard InChI is InChI=1S/C14H19N3O2/c1-15-14(19)17-9-5-6-11(10-17)13(18)16-12-7-3-2-4-8-12/h2-4,7-8,11H,5-6,9-10H2,1H3,(H,15,19)(H,16,18). The van der Waals surface area contributed by atoms with Gasteiger partial charge < -0.3 is 15.5 Å². The number of anilines is 1. The number of amides is 3. The summed E-state index contributed by atoms with van der Waals surface area (Å²) in [6.07, 6.45) is 1.69. The van der Waals surface area contributed by atoms with Gasteiger partial charge in [-0.2, -0.15) is 0 Å². The van der Waals surface area contributed by atoms with Crippen molar-refractivity contribution in [1.29, 1.82) is 0 Å². The molecule has 1 aromatic rings. The fourth-order valence-corrected chi connectivity index (χ4v) is 2.30. The van der Waals surface area contributed by atoms with E-state index in [1.807, 2.05) is 30.3 Å². The molecule has 0 saturated carbocycles. The van der Waals surface area contributed by atoms with Gasteiger partial charge in [0.25, 0.3) is 0 Å². The number of nitrogens with one attached hydrogen (secondary N) is 2. The summed E-state index contributed by atoms with van der Waals surface area (Å²) in [7, 11) is 1.61. The minimum absolute atomic E-state index is 0.0141. The highest BCUT2D eigenvalue weighted by Gasteiger charge is 2.27. The van der Waals surface area contributed by atoms with E-state index < -0.39 is 0 Å².